The van der Waals surface area contributed by atoms with Crippen LogP contribution in [-0.4, -0.2) is 33.2 Å². The molecule has 1 saturated heterocycles. The highest BCUT2D eigenvalue weighted by molar-refractivity contribution is 8.14. The molecule has 0 spiro atoms. The molecule has 1 heterocycles. The number of nitro groups is 1. The number of nitrogens with zero attached hydrogens (tertiary/aromatic N) is 3. The summed E-state index contributed by atoms with van der Waals surface area (Å²) in [4.78, 5) is 29.2. The van der Waals surface area contributed by atoms with Crippen molar-refractivity contribution in [1.29, 1.82) is 0 Å². The molecule has 1 aliphatic rings. The van der Waals surface area contributed by atoms with Gasteiger partial charge in [0.1, 0.15) is 0 Å². The summed E-state index contributed by atoms with van der Waals surface area (Å²) in [5.74, 6) is 0.568. The highest BCUT2D eigenvalue weighted by Gasteiger charge is 2.24. The number of carbonyl (C=O) groups is 1. The monoisotopic (exact) mass is 367 g/mol. The Morgan fingerprint density at radius 3 is 2.69 bits per heavy atom. The first-order valence-corrected chi connectivity index (χ1v) is 9.08. The Bertz CT molecular complexity index is 865. The van der Waals surface area contributed by atoms with E-state index < -0.39 is 4.92 Å². The van der Waals surface area contributed by atoms with Gasteiger partial charge in [0, 0.05) is 24.4 Å². The summed E-state index contributed by atoms with van der Waals surface area (Å²) < 4.78 is 0. The fourth-order valence-electron chi connectivity index (χ4n) is 2.53. The van der Waals surface area contributed by atoms with Crippen LogP contribution in [0.1, 0.15) is 11.1 Å². The molecule has 1 aliphatic heterocycles. The van der Waals surface area contributed by atoms with Crippen LogP contribution in [0, 0.1) is 10.1 Å². The predicted molar refractivity (Wildman–Crippen MR) is 104 cm³/mol. The second kappa shape index (κ2) is 8.44. The molecular weight excluding hydrogens is 350 g/mol. The van der Waals surface area contributed by atoms with Crippen molar-refractivity contribution >= 4 is 34.6 Å². The number of thioether (sulfide) groups is 1. The van der Waals surface area contributed by atoms with Crippen molar-refractivity contribution < 1.29 is 9.72 Å². The van der Waals surface area contributed by atoms with Gasteiger partial charge in [-0.15, -0.1) is 0 Å². The molecule has 0 radical (unpaired) electrons. The van der Waals surface area contributed by atoms with E-state index in [-0.39, 0.29) is 11.6 Å². The van der Waals surface area contributed by atoms with Crippen LogP contribution >= 0.6 is 11.8 Å². The van der Waals surface area contributed by atoms with Crippen LogP contribution in [0.2, 0.25) is 0 Å². The van der Waals surface area contributed by atoms with Gasteiger partial charge in [-0.05, 0) is 17.7 Å². The van der Waals surface area contributed by atoms with Gasteiger partial charge in [-0.1, -0.05) is 54.2 Å². The van der Waals surface area contributed by atoms with E-state index in [1.54, 1.807) is 34.9 Å². The van der Waals surface area contributed by atoms with Crippen molar-refractivity contribution in [3.8, 4) is 0 Å². The maximum Gasteiger partial charge on any atom is 0.276 e. The number of amides is 1. The summed E-state index contributed by atoms with van der Waals surface area (Å²) in [5, 5.41) is 11.7. The summed E-state index contributed by atoms with van der Waals surface area (Å²) in [5.41, 5.74) is 1.46. The Kier molecular flexibility index (Phi) is 5.80. The molecule has 0 aliphatic carbocycles. The molecule has 0 atom stereocenters. The SMILES string of the molecule is O=C(/C=C/c1ccccc1[N+](=O)[O-])N1CCSC1=NCc1ccccc1. The molecule has 2 aromatic rings. The van der Waals surface area contributed by atoms with Gasteiger partial charge in [0.05, 0.1) is 17.0 Å². The van der Waals surface area contributed by atoms with Crippen LogP contribution in [0.15, 0.2) is 65.7 Å². The van der Waals surface area contributed by atoms with Gasteiger partial charge in [-0.2, -0.15) is 0 Å². The highest BCUT2D eigenvalue weighted by Crippen LogP contribution is 2.22. The summed E-state index contributed by atoms with van der Waals surface area (Å²) in [7, 11) is 0. The van der Waals surface area contributed by atoms with Crippen LogP contribution in [0.5, 0.6) is 0 Å². The van der Waals surface area contributed by atoms with Crippen molar-refractivity contribution in [2.24, 2.45) is 4.99 Å². The zero-order chi connectivity index (χ0) is 18.4. The zero-order valence-corrected chi connectivity index (χ0v) is 14.8. The molecule has 1 amide bonds. The standard InChI is InChI=1S/C19H17N3O3S/c23-18(11-10-16-8-4-5-9-17(16)22(24)25)21-12-13-26-19(21)20-14-15-6-2-1-3-7-15/h1-11H,12-14H2/b11-10+,20-19?. The van der Waals surface area contributed by atoms with E-state index in [2.05, 4.69) is 4.99 Å². The lowest BCUT2D eigenvalue weighted by atomic mass is 10.1. The second-order valence-corrected chi connectivity index (χ2v) is 6.63. The zero-order valence-electron chi connectivity index (χ0n) is 13.9. The molecule has 0 unspecified atom stereocenters. The van der Waals surface area contributed by atoms with E-state index >= 15 is 0 Å². The molecule has 0 bridgehead atoms. The Morgan fingerprint density at radius 1 is 1.19 bits per heavy atom. The number of para-hydroxylation sites is 1. The predicted octanol–water partition coefficient (Wildman–Crippen LogP) is 3.74. The fourth-order valence-corrected chi connectivity index (χ4v) is 3.47. The number of hydrogen-bond acceptors (Lipinski definition) is 5. The molecule has 2 aromatic carbocycles. The van der Waals surface area contributed by atoms with Gasteiger partial charge >= 0.3 is 0 Å². The maximum absolute atomic E-state index is 12.5. The lowest BCUT2D eigenvalue weighted by Gasteiger charge is -2.13. The van der Waals surface area contributed by atoms with E-state index in [9.17, 15) is 14.9 Å². The van der Waals surface area contributed by atoms with Gasteiger partial charge < -0.3 is 0 Å². The molecular formula is C19H17N3O3S. The first-order valence-electron chi connectivity index (χ1n) is 8.09. The van der Waals surface area contributed by atoms with Crippen LogP contribution < -0.4 is 0 Å². The third-order valence-electron chi connectivity index (χ3n) is 3.82. The average Bonchev–Trinajstić information content (AvgIpc) is 3.14. The maximum atomic E-state index is 12.5. The normalized spacial score (nSPS) is 15.7. The number of rotatable bonds is 5. The summed E-state index contributed by atoms with van der Waals surface area (Å²) >= 11 is 1.54. The van der Waals surface area contributed by atoms with Crippen LogP contribution in [-0.2, 0) is 11.3 Å². The minimum Gasteiger partial charge on any atom is -0.287 e. The molecule has 0 aromatic heterocycles. The van der Waals surface area contributed by atoms with Gasteiger partial charge in [0.25, 0.3) is 11.6 Å². The number of carbonyl (C=O) groups excluding carboxylic acids is 1. The van der Waals surface area contributed by atoms with Crippen LogP contribution in [0.3, 0.4) is 0 Å². The first kappa shape index (κ1) is 17.9. The van der Waals surface area contributed by atoms with E-state index in [0.29, 0.717) is 23.8 Å². The molecule has 26 heavy (non-hydrogen) atoms. The van der Waals surface area contributed by atoms with Gasteiger partial charge in [-0.3, -0.25) is 24.8 Å². The van der Waals surface area contributed by atoms with Crippen molar-refractivity contribution in [2.75, 3.05) is 12.3 Å². The Labute approximate surface area is 155 Å². The first-order chi connectivity index (χ1) is 12.6. The molecule has 0 N–H and O–H groups in total. The van der Waals surface area contributed by atoms with Gasteiger partial charge in [-0.25, -0.2) is 0 Å². The summed E-state index contributed by atoms with van der Waals surface area (Å²) in [6.45, 7) is 1.10. The van der Waals surface area contributed by atoms with Crippen molar-refractivity contribution in [3.05, 3.63) is 81.9 Å². The summed E-state index contributed by atoms with van der Waals surface area (Å²) in [6.07, 6.45) is 2.85. The number of hydrogen-bond donors (Lipinski definition) is 0. The number of amidine groups is 1. The third-order valence-corrected chi connectivity index (χ3v) is 4.82. The Balaban J connectivity index is 1.72. The summed E-state index contributed by atoms with van der Waals surface area (Å²) in [6, 6.07) is 16.2. The van der Waals surface area contributed by atoms with Crippen LogP contribution in [0.25, 0.3) is 6.08 Å². The molecule has 132 valence electrons. The van der Waals surface area contributed by atoms with E-state index in [0.717, 1.165) is 11.3 Å². The van der Waals surface area contributed by atoms with Crippen LogP contribution in [0.4, 0.5) is 5.69 Å². The Hall–Kier alpha value is -2.93. The molecule has 6 nitrogen and oxygen atoms in total. The molecule has 0 saturated carbocycles. The quantitative estimate of drug-likeness (QED) is 0.458. The van der Waals surface area contributed by atoms with E-state index in [4.69, 9.17) is 0 Å². The number of nitro benzene ring substituents is 1. The smallest absolute Gasteiger partial charge is 0.276 e. The van der Waals surface area contributed by atoms with E-state index in [1.165, 1.54) is 18.2 Å². The highest BCUT2D eigenvalue weighted by atomic mass is 32.2. The third kappa shape index (κ3) is 4.37. The van der Waals surface area contributed by atoms with Crippen molar-refractivity contribution in [3.63, 3.8) is 0 Å². The molecule has 3 rings (SSSR count). The van der Waals surface area contributed by atoms with E-state index in [1.807, 2.05) is 30.3 Å². The minimum absolute atomic E-state index is 0.0229. The second-order valence-electron chi connectivity index (χ2n) is 5.57. The van der Waals surface area contributed by atoms with Crippen molar-refractivity contribution in [2.45, 2.75) is 6.54 Å². The average molecular weight is 367 g/mol. The lowest BCUT2D eigenvalue weighted by Crippen LogP contribution is -2.30. The topological polar surface area (TPSA) is 75.8 Å². The van der Waals surface area contributed by atoms with Gasteiger partial charge in [0.15, 0.2) is 5.17 Å². The largest absolute Gasteiger partial charge is 0.287 e. The number of benzene rings is 2. The van der Waals surface area contributed by atoms with Crippen molar-refractivity contribution in [1.82, 2.24) is 4.90 Å². The lowest BCUT2D eigenvalue weighted by molar-refractivity contribution is -0.385. The fraction of sp³-hybridized carbons (Fsp3) is 0.158. The minimum atomic E-state index is -0.456. The molecule has 7 heteroatoms. The Morgan fingerprint density at radius 2 is 1.92 bits per heavy atom. The molecule has 1 fully saturated rings. The van der Waals surface area contributed by atoms with Gasteiger partial charge in [0.2, 0.25) is 0 Å². The number of aliphatic imine (C=N–C) groups is 1.